The smallest absolute Gasteiger partial charge is 0.249 e. The number of nitrogens with zero attached hydrogens (tertiary/aromatic N) is 2. The molecule has 4 rings (SSSR count). The molecule has 1 aromatic carbocycles. The van der Waals surface area contributed by atoms with Crippen LogP contribution in [0, 0.1) is 13.8 Å². The fourth-order valence-corrected chi connectivity index (χ4v) is 3.88. The number of hydrogen-bond acceptors (Lipinski definition) is 3. The first-order valence-electron chi connectivity index (χ1n) is 9.54. The fraction of sp³-hybridized carbons (Fsp3) is 0.318. The van der Waals surface area contributed by atoms with Crippen LogP contribution in [0.5, 0.6) is 0 Å². The van der Waals surface area contributed by atoms with Crippen LogP contribution in [0.3, 0.4) is 0 Å². The third kappa shape index (κ3) is 3.38. The Morgan fingerprint density at radius 2 is 1.89 bits per heavy atom. The van der Waals surface area contributed by atoms with Gasteiger partial charge in [-0.2, -0.15) is 0 Å². The van der Waals surface area contributed by atoms with E-state index in [1.807, 2.05) is 50.2 Å². The molecule has 2 aromatic rings. The molecule has 1 saturated carbocycles. The molecule has 144 valence electrons. The summed E-state index contributed by atoms with van der Waals surface area (Å²) >= 11 is 0. The van der Waals surface area contributed by atoms with Crippen LogP contribution in [0.1, 0.15) is 36.2 Å². The van der Waals surface area contributed by atoms with Crippen molar-refractivity contribution in [3.63, 3.8) is 0 Å². The number of aryl methyl sites for hydroxylation is 1. The third-order valence-electron chi connectivity index (χ3n) is 5.36. The summed E-state index contributed by atoms with van der Waals surface area (Å²) in [6.07, 6.45) is 5.12. The van der Waals surface area contributed by atoms with Gasteiger partial charge in [0.2, 0.25) is 17.7 Å². The van der Waals surface area contributed by atoms with Gasteiger partial charge in [-0.15, -0.1) is 0 Å². The molecule has 28 heavy (non-hydrogen) atoms. The van der Waals surface area contributed by atoms with Crippen molar-refractivity contribution in [1.82, 2.24) is 14.8 Å². The molecule has 0 unspecified atom stereocenters. The van der Waals surface area contributed by atoms with Crippen LogP contribution in [-0.2, 0) is 14.4 Å². The minimum absolute atomic E-state index is 0.0514. The number of benzene rings is 1. The number of hydrogen-bond donors (Lipinski definition) is 1. The van der Waals surface area contributed by atoms with E-state index in [4.69, 9.17) is 0 Å². The maximum Gasteiger partial charge on any atom is 0.249 e. The van der Waals surface area contributed by atoms with Gasteiger partial charge in [0.25, 0.3) is 0 Å². The van der Waals surface area contributed by atoms with Crippen LogP contribution in [0.4, 0.5) is 0 Å². The van der Waals surface area contributed by atoms with E-state index in [-0.39, 0.29) is 30.2 Å². The summed E-state index contributed by atoms with van der Waals surface area (Å²) < 4.78 is 2.14. The quantitative estimate of drug-likeness (QED) is 0.643. The van der Waals surface area contributed by atoms with Crippen LogP contribution in [0.25, 0.3) is 11.8 Å². The van der Waals surface area contributed by atoms with E-state index in [1.54, 1.807) is 11.0 Å². The Kier molecular flexibility index (Phi) is 4.63. The largest absolute Gasteiger partial charge is 0.324 e. The van der Waals surface area contributed by atoms with E-state index in [2.05, 4.69) is 9.88 Å². The number of para-hydroxylation sites is 1. The van der Waals surface area contributed by atoms with Crippen LogP contribution >= 0.6 is 0 Å². The van der Waals surface area contributed by atoms with Crippen LogP contribution in [0.2, 0.25) is 0 Å². The van der Waals surface area contributed by atoms with Gasteiger partial charge >= 0.3 is 0 Å². The summed E-state index contributed by atoms with van der Waals surface area (Å²) in [5.74, 6) is -0.911. The number of nitrogens with one attached hydrogen (secondary N) is 1. The van der Waals surface area contributed by atoms with Gasteiger partial charge in [0, 0.05) is 29.2 Å². The molecule has 1 aliphatic carbocycles. The van der Waals surface area contributed by atoms with Crippen molar-refractivity contribution >= 4 is 23.8 Å². The Balaban J connectivity index is 1.58. The topological polar surface area (TPSA) is 71.4 Å². The Morgan fingerprint density at radius 1 is 1.18 bits per heavy atom. The molecule has 3 amide bonds. The Bertz CT molecular complexity index is 970. The highest BCUT2D eigenvalue weighted by atomic mass is 16.2. The third-order valence-corrected chi connectivity index (χ3v) is 5.36. The lowest BCUT2D eigenvalue weighted by Gasteiger charge is -2.25. The zero-order valence-corrected chi connectivity index (χ0v) is 16.0. The predicted molar refractivity (Wildman–Crippen MR) is 106 cm³/mol. The summed E-state index contributed by atoms with van der Waals surface area (Å²) in [6, 6.07) is 11.5. The van der Waals surface area contributed by atoms with Crippen LogP contribution in [0.15, 0.2) is 42.5 Å². The highest BCUT2D eigenvalue weighted by Crippen LogP contribution is 2.31. The van der Waals surface area contributed by atoms with Crippen molar-refractivity contribution in [1.29, 1.82) is 0 Å². The molecule has 2 aliphatic rings. The number of imide groups is 1. The van der Waals surface area contributed by atoms with Crippen molar-refractivity contribution in [2.75, 3.05) is 0 Å². The first-order chi connectivity index (χ1) is 13.5. The van der Waals surface area contributed by atoms with Crippen LogP contribution in [-0.4, -0.2) is 39.3 Å². The molecule has 6 nitrogen and oxygen atoms in total. The van der Waals surface area contributed by atoms with Crippen molar-refractivity contribution in [2.24, 2.45) is 0 Å². The number of aromatic nitrogens is 1. The molecule has 1 aromatic heterocycles. The standard InChI is InChI=1S/C22H23N3O3/c1-14-12-16(15(2)24(14)17-6-4-3-5-7-17)8-11-21(27)25(18-9-10-18)19-13-20(26)23-22(19)28/h3-8,11-12,18-19H,9-10,13H2,1-2H3,(H,23,26,28)/b11-8-/t19-/m0/s1. The van der Waals surface area contributed by atoms with Gasteiger partial charge in [-0.05, 0) is 56.5 Å². The fourth-order valence-electron chi connectivity index (χ4n) is 3.88. The first-order valence-corrected chi connectivity index (χ1v) is 9.54. The minimum Gasteiger partial charge on any atom is -0.324 e. The zero-order valence-electron chi connectivity index (χ0n) is 16.0. The molecular weight excluding hydrogens is 354 g/mol. The number of carbonyl (C=O) groups is 3. The SMILES string of the molecule is Cc1cc(/C=C\C(=O)N(C2CC2)[C@H]2CC(=O)NC2=O)c(C)n1-c1ccccc1. The maximum absolute atomic E-state index is 12.9. The average Bonchev–Trinajstić information content (AvgIpc) is 3.38. The molecule has 1 atom stereocenters. The Labute approximate surface area is 163 Å². The van der Waals surface area contributed by atoms with E-state index < -0.39 is 6.04 Å². The van der Waals surface area contributed by atoms with Crippen LogP contribution < -0.4 is 5.32 Å². The minimum atomic E-state index is -0.686. The highest BCUT2D eigenvalue weighted by Gasteiger charge is 2.43. The average molecular weight is 377 g/mol. The van der Waals surface area contributed by atoms with Gasteiger partial charge in [-0.3, -0.25) is 19.7 Å². The van der Waals surface area contributed by atoms with Gasteiger partial charge in [-0.25, -0.2) is 0 Å². The monoisotopic (exact) mass is 377 g/mol. The molecule has 1 saturated heterocycles. The zero-order chi connectivity index (χ0) is 19.8. The van der Waals surface area contributed by atoms with Gasteiger partial charge in [0.15, 0.2) is 0 Å². The second-order valence-electron chi connectivity index (χ2n) is 7.44. The van der Waals surface area contributed by atoms with Gasteiger partial charge in [-0.1, -0.05) is 18.2 Å². The molecule has 0 spiro atoms. The van der Waals surface area contributed by atoms with Gasteiger partial charge in [0.1, 0.15) is 6.04 Å². The van der Waals surface area contributed by atoms with Crippen molar-refractivity contribution in [3.05, 3.63) is 59.4 Å². The molecule has 1 aliphatic heterocycles. The Morgan fingerprint density at radius 3 is 2.50 bits per heavy atom. The second kappa shape index (κ2) is 7.11. The number of amides is 3. The molecule has 6 heteroatoms. The van der Waals surface area contributed by atoms with E-state index in [0.717, 1.165) is 35.5 Å². The number of rotatable bonds is 5. The summed E-state index contributed by atoms with van der Waals surface area (Å²) in [4.78, 5) is 38.0. The maximum atomic E-state index is 12.9. The molecular formula is C22H23N3O3. The Hall–Kier alpha value is -3.15. The second-order valence-corrected chi connectivity index (χ2v) is 7.44. The summed E-state index contributed by atoms with van der Waals surface area (Å²) in [6.45, 7) is 4.05. The van der Waals surface area contributed by atoms with Crippen molar-refractivity contribution in [2.45, 2.75) is 45.2 Å². The van der Waals surface area contributed by atoms with Crippen molar-refractivity contribution < 1.29 is 14.4 Å². The lowest BCUT2D eigenvalue weighted by molar-refractivity contribution is -0.135. The van der Waals surface area contributed by atoms with Gasteiger partial charge < -0.3 is 9.47 Å². The highest BCUT2D eigenvalue weighted by molar-refractivity contribution is 6.08. The van der Waals surface area contributed by atoms with E-state index >= 15 is 0 Å². The first kappa shape index (κ1) is 18.2. The molecule has 0 bridgehead atoms. The van der Waals surface area contributed by atoms with E-state index in [0.29, 0.717) is 0 Å². The van der Waals surface area contributed by atoms with E-state index in [1.165, 1.54) is 6.08 Å². The molecule has 0 radical (unpaired) electrons. The lowest BCUT2D eigenvalue weighted by Crippen LogP contribution is -2.45. The molecule has 1 N–H and O–H groups in total. The predicted octanol–water partition coefficient (Wildman–Crippen LogP) is 2.51. The molecule has 2 fully saturated rings. The summed E-state index contributed by atoms with van der Waals surface area (Å²) in [5.41, 5.74) is 4.15. The summed E-state index contributed by atoms with van der Waals surface area (Å²) in [7, 11) is 0. The normalized spacial score (nSPS) is 19.3. The van der Waals surface area contributed by atoms with Gasteiger partial charge in [0.05, 0.1) is 6.42 Å². The summed E-state index contributed by atoms with van der Waals surface area (Å²) in [5, 5.41) is 2.30. The van der Waals surface area contributed by atoms with Crippen molar-refractivity contribution in [3.8, 4) is 5.69 Å². The van der Waals surface area contributed by atoms with E-state index in [9.17, 15) is 14.4 Å². The molecule has 2 heterocycles. The number of carbonyl (C=O) groups excluding carboxylic acids is 3. The lowest BCUT2D eigenvalue weighted by atomic mass is 10.1.